The predicted octanol–water partition coefficient (Wildman–Crippen LogP) is 2.96. The van der Waals surface area contributed by atoms with Crippen LogP contribution in [-0.4, -0.2) is 54.5 Å². The molecule has 0 unspecified atom stereocenters. The van der Waals surface area contributed by atoms with Crippen molar-refractivity contribution >= 4 is 5.71 Å². The number of methoxy groups -OCH3 is 1. The van der Waals surface area contributed by atoms with E-state index in [0.717, 1.165) is 25.1 Å². The quantitative estimate of drug-likeness (QED) is 0.732. The summed E-state index contributed by atoms with van der Waals surface area (Å²) in [7, 11) is 1.74. The van der Waals surface area contributed by atoms with E-state index in [1.165, 1.54) is 0 Å². The highest BCUT2D eigenvalue weighted by atomic mass is 16.7. The molecule has 0 spiro atoms. The minimum absolute atomic E-state index is 0.0857. The van der Waals surface area contributed by atoms with E-state index in [0.29, 0.717) is 19.1 Å². The van der Waals surface area contributed by atoms with Crippen LogP contribution >= 0.6 is 0 Å². The number of hydrogen-bond donors (Lipinski definition) is 0. The molecule has 22 heavy (non-hydrogen) atoms. The van der Waals surface area contributed by atoms with E-state index in [2.05, 4.69) is 18.5 Å². The molecule has 3 atom stereocenters. The summed E-state index contributed by atoms with van der Waals surface area (Å²) in [5, 5.41) is 7.07. The first-order valence-electron chi connectivity index (χ1n) is 8.15. The first-order chi connectivity index (χ1) is 10.3. The monoisotopic (exact) mass is 310 g/mol. The number of rotatable bonds is 5. The Bertz CT molecular complexity index is 436. The Balaban J connectivity index is 2.28. The fraction of sp³-hybridized carbons (Fsp3) is 0.824. The van der Waals surface area contributed by atoms with E-state index in [9.17, 15) is 0 Å². The first-order valence-corrected chi connectivity index (χ1v) is 8.15. The van der Waals surface area contributed by atoms with E-state index in [4.69, 9.17) is 19.3 Å². The number of nitrogens with zero attached hydrogens (tertiary/aromatic N) is 2. The van der Waals surface area contributed by atoms with Gasteiger partial charge in [-0.05, 0) is 47.0 Å². The summed E-state index contributed by atoms with van der Waals surface area (Å²) < 4.78 is 17.5. The van der Waals surface area contributed by atoms with Gasteiger partial charge in [0.25, 0.3) is 0 Å². The van der Waals surface area contributed by atoms with Gasteiger partial charge >= 0.3 is 0 Å². The van der Waals surface area contributed by atoms with Crippen molar-refractivity contribution in [1.82, 2.24) is 5.01 Å². The molecular weight excluding hydrogens is 280 g/mol. The molecule has 0 aromatic heterocycles. The minimum atomic E-state index is -0.618. The van der Waals surface area contributed by atoms with E-state index in [-0.39, 0.29) is 6.10 Å². The van der Waals surface area contributed by atoms with E-state index < -0.39 is 11.4 Å². The molecule has 5 heteroatoms. The Morgan fingerprint density at radius 1 is 1.45 bits per heavy atom. The Morgan fingerprint density at radius 2 is 2.18 bits per heavy atom. The summed E-state index contributed by atoms with van der Waals surface area (Å²) in [5.74, 6) is -0.618. The van der Waals surface area contributed by atoms with Crippen molar-refractivity contribution in [3.05, 3.63) is 12.7 Å². The van der Waals surface area contributed by atoms with Crippen molar-refractivity contribution in [2.45, 2.75) is 70.5 Å². The Kier molecular flexibility index (Phi) is 5.30. The van der Waals surface area contributed by atoms with E-state index in [1.54, 1.807) is 7.11 Å². The lowest BCUT2D eigenvalue weighted by molar-refractivity contribution is -0.278. The average molecular weight is 310 g/mol. The van der Waals surface area contributed by atoms with Gasteiger partial charge in [0.15, 0.2) is 5.79 Å². The lowest BCUT2D eigenvalue weighted by atomic mass is 9.90. The van der Waals surface area contributed by atoms with Crippen LogP contribution in [0.5, 0.6) is 0 Å². The average Bonchev–Trinajstić information content (AvgIpc) is 2.81. The zero-order valence-electron chi connectivity index (χ0n) is 14.6. The third-order valence-corrected chi connectivity index (χ3v) is 4.33. The second kappa shape index (κ2) is 6.69. The van der Waals surface area contributed by atoms with Gasteiger partial charge in [-0.15, -0.1) is 6.58 Å². The minimum Gasteiger partial charge on any atom is -0.382 e. The molecule has 2 saturated heterocycles. The summed E-state index contributed by atoms with van der Waals surface area (Å²) in [6.45, 7) is 13.6. The molecule has 2 aliphatic rings. The van der Waals surface area contributed by atoms with Gasteiger partial charge in [-0.25, -0.2) is 0 Å². The normalized spacial score (nSPS) is 36.8. The molecule has 0 aromatic carbocycles. The van der Waals surface area contributed by atoms with Crippen LogP contribution in [0.3, 0.4) is 0 Å². The lowest BCUT2D eigenvalue weighted by Gasteiger charge is -2.47. The van der Waals surface area contributed by atoms with Gasteiger partial charge in [-0.2, -0.15) is 5.10 Å². The van der Waals surface area contributed by atoms with Gasteiger partial charge < -0.3 is 14.2 Å². The van der Waals surface area contributed by atoms with Gasteiger partial charge in [0.05, 0.1) is 18.4 Å². The fourth-order valence-electron chi connectivity index (χ4n) is 3.59. The largest absolute Gasteiger partial charge is 0.382 e. The smallest absolute Gasteiger partial charge is 0.164 e. The molecule has 0 radical (unpaired) electrons. The van der Waals surface area contributed by atoms with Crippen LogP contribution in [0.25, 0.3) is 0 Å². The fourth-order valence-corrected chi connectivity index (χ4v) is 3.59. The van der Waals surface area contributed by atoms with Crippen LogP contribution in [-0.2, 0) is 14.2 Å². The Hall–Kier alpha value is -0.910. The molecular formula is C17H30N2O3. The van der Waals surface area contributed by atoms with Crippen LogP contribution < -0.4 is 0 Å². The summed E-state index contributed by atoms with van der Waals surface area (Å²) in [6.07, 6.45) is 4.78. The standard InChI is InChI=1S/C17H30N2O3/c1-7-10-17(5)15(13(2)21-16(3,4)22-17)18-19-11-8-9-14(19)12-20-6/h7,13-14H,1,8-12H2,2-6H3/b18-15+/t13-,14-,17-/m1/s1. The van der Waals surface area contributed by atoms with E-state index >= 15 is 0 Å². The molecule has 2 aliphatic heterocycles. The molecule has 0 aliphatic carbocycles. The Labute approximate surface area is 134 Å². The van der Waals surface area contributed by atoms with Gasteiger partial charge in [0, 0.05) is 13.7 Å². The van der Waals surface area contributed by atoms with Crippen molar-refractivity contribution in [3.8, 4) is 0 Å². The number of ether oxygens (including phenoxy) is 3. The third-order valence-electron chi connectivity index (χ3n) is 4.33. The zero-order valence-corrected chi connectivity index (χ0v) is 14.6. The highest BCUT2D eigenvalue weighted by Gasteiger charge is 2.46. The topological polar surface area (TPSA) is 43.3 Å². The van der Waals surface area contributed by atoms with Crippen LogP contribution in [0, 0.1) is 0 Å². The second-order valence-electron chi connectivity index (χ2n) is 6.89. The van der Waals surface area contributed by atoms with Crippen LogP contribution in [0.4, 0.5) is 0 Å². The van der Waals surface area contributed by atoms with Gasteiger partial charge in [0.2, 0.25) is 0 Å². The van der Waals surface area contributed by atoms with Crippen molar-refractivity contribution in [3.63, 3.8) is 0 Å². The van der Waals surface area contributed by atoms with Gasteiger partial charge in [0.1, 0.15) is 11.7 Å². The lowest BCUT2D eigenvalue weighted by Crippen LogP contribution is -2.58. The number of hydrazone groups is 1. The molecule has 0 bridgehead atoms. The van der Waals surface area contributed by atoms with Gasteiger partial charge in [-0.1, -0.05) is 6.08 Å². The summed E-state index contributed by atoms with van der Waals surface area (Å²) >= 11 is 0. The van der Waals surface area contributed by atoms with Crippen molar-refractivity contribution in [2.75, 3.05) is 20.3 Å². The number of hydrogen-bond acceptors (Lipinski definition) is 5. The van der Waals surface area contributed by atoms with Crippen LogP contribution in [0.1, 0.15) is 47.0 Å². The molecule has 0 saturated carbocycles. The SMILES string of the molecule is C=CC[C@@]1(C)OC(C)(C)O[C@H](C)/C1=N\N1CCC[C@@H]1COC. The molecule has 0 amide bonds. The maximum Gasteiger partial charge on any atom is 0.164 e. The molecule has 0 aromatic rings. The molecule has 2 fully saturated rings. The second-order valence-corrected chi connectivity index (χ2v) is 6.89. The molecule has 2 heterocycles. The maximum atomic E-state index is 6.21. The molecule has 126 valence electrons. The Morgan fingerprint density at radius 3 is 2.82 bits per heavy atom. The summed E-state index contributed by atoms with van der Waals surface area (Å²) in [4.78, 5) is 0. The molecule has 5 nitrogen and oxygen atoms in total. The first kappa shape index (κ1) is 17.4. The molecule has 2 rings (SSSR count). The van der Waals surface area contributed by atoms with Crippen molar-refractivity contribution in [1.29, 1.82) is 0 Å². The zero-order chi connectivity index (χ0) is 16.4. The van der Waals surface area contributed by atoms with Crippen LogP contribution in [0.15, 0.2) is 17.8 Å². The highest BCUT2D eigenvalue weighted by molar-refractivity contribution is 5.96. The highest BCUT2D eigenvalue weighted by Crippen LogP contribution is 2.35. The third kappa shape index (κ3) is 3.70. The van der Waals surface area contributed by atoms with Gasteiger partial charge in [-0.3, -0.25) is 5.01 Å². The molecule has 0 N–H and O–H groups in total. The van der Waals surface area contributed by atoms with Crippen molar-refractivity contribution < 1.29 is 14.2 Å². The summed E-state index contributed by atoms with van der Waals surface area (Å²) in [6, 6.07) is 0.340. The van der Waals surface area contributed by atoms with Crippen molar-refractivity contribution in [2.24, 2.45) is 5.10 Å². The summed E-state index contributed by atoms with van der Waals surface area (Å²) in [5.41, 5.74) is 0.457. The maximum absolute atomic E-state index is 6.21. The van der Waals surface area contributed by atoms with E-state index in [1.807, 2.05) is 26.8 Å². The van der Waals surface area contributed by atoms with Crippen LogP contribution in [0.2, 0.25) is 0 Å². The predicted molar refractivity (Wildman–Crippen MR) is 88.0 cm³/mol.